The Bertz CT molecular complexity index is 328. The zero-order valence-corrected chi connectivity index (χ0v) is 13.4. The Hall–Kier alpha value is -0.130. The first-order chi connectivity index (χ1) is 8.77. The lowest BCUT2D eigenvalue weighted by atomic mass is 10.0. The average Bonchev–Trinajstić information content (AvgIpc) is 2.38. The number of unbranched alkanes of at least 4 members (excludes halogenated alkanes) is 5. The van der Waals surface area contributed by atoms with Crippen molar-refractivity contribution in [3.8, 4) is 0 Å². The minimum Gasteiger partial charge on any atom is -0.271 e. The molecule has 18 heavy (non-hydrogen) atoms. The van der Waals surface area contributed by atoms with Crippen LogP contribution < -0.4 is 11.3 Å². The zero-order chi connectivity index (χ0) is 13.2. The molecule has 3 heteroatoms. The molecule has 3 N–H and O–H groups in total. The van der Waals surface area contributed by atoms with Crippen LogP contribution in [-0.4, -0.2) is 0 Å². The van der Waals surface area contributed by atoms with Gasteiger partial charge in [-0.2, -0.15) is 0 Å². The third kappa shape index (κ3) is 6.16. The van der Waals surface area contributed by atoms with Gasteiger partial charge in [-0.25, -0.2) is 0 Å². The fourth-order valence-corrected chi connectivity index (χ4v) is 2.77. The summed E-state index contributed by atoms with van der Waals surface area (Å²) in [5.41, 5.74) is 4.25. The Morgan fingerprint density at radius 2 is 1.89 bits per heavy atom. The van der Waals surface area contributed by atoms with Gasteiger partial charge in [0.2, 0.25) is 0 Å². The molecule has 1 unspecified atom stereocenters. The minimum atomic E-state index is 0.297. The van der Waals surface area contributed by atoms with E-state index in [9.17, 15) is 0 Å². The van der Waals surface area contributed by atoms with Crippen LogP contribution in [0, 0.1) is 3.57 Å². The van der Waals surface area contributed by atoms with Crippen LogP contribution in [0.5, 0.6) is 0 Å². The van der Waals surface area contributed by atoms with Crippen LogP contribution in [0.1, 0.15) is 63.5 Å². The first-order valence-electron chi connectivity index (χ1n) is 6.99. The number of nitrogens with one attached hydrogen (secondary N) is 1. The minimum absolute atomic E-state index is 0.297. The van der Waals surface area contributed by atoms with Crippen LogP contribution in [-0.2, 0) is 0 Å². The maximum Gasteiger partial charge on any atom is 0.0460 e. The second-order valence-corrected chi connectivity index (χ2v) is 6.08. The normalized spacial score (nSPS) is 12.6. The van der Waals surface area contributed by atoms with Crippen molar-refractivity contribution in [1.29, 1.82) is 0 Å². The fourth-order valence-electron chi connectivity index (χ4n) is 2.20. The van der Waals surface area contributed by atoms with Crippen molar-refractivity contribution >= 4 is 22.6 Å². The molecule has 0 bridgehead atoms. The molecule has 0 radical (unpaired) electrons. The Balaban J connectivity index is 2.29. The number of hydrogen-bond acceptors (Lipinski definition) is 2. The summed E-state index contributed by atoms with van der Waals surface area (Å²) < 4.78 is 1.27. The maximum absolute atomic E-state index is 5.66. The third-order valence-corrected chi connectivity index (χ3v) is 3.97. The van der Waals surface area contributed by atoms with Gasteiger partial charge < -0.3 is 0 Å². The summed E-state index contributed by atoms with van der Waals surface area (Å²) in [5, 5.41) is 0. The van der Waals surface area contributed by atoms with Crippen molar-refractivity contribution < 1.29 is 0 Å². The largest absolute Gasteiger partial charge is 0.271 e. The van der Waals surface area contributed by atoms with E-state index in [1.807, 2.05) is 0 Å². The topological polar surface area (TPSA) is 38.0 Å². The SMILES string of the molecule is CCCCCCCCC(NN)c1cccc(I)c1. The van der Waals surface area contributed by atoms with Gasteiger partial charge in [0, 0.05) is 9.61 Å². The summed E-state index contributed by atoms with van der Waals surface area (Å²) in [5.74, 6) is 5.66. The lowest BCUT2D eigenvalue weighted by molar-refractivity contribution is 0.477. The van der Waals surface area contributed by atoms with Gasteiger partial charge in [0.25, 0.3) is 0 Å². The van der Waals surface area contributed by atoms with Gasteiger partial charge in [0.05, 0.1) is 0 Å². The lowest BCUT2D eigenvalue weighted by Crippen LogP contribution is -2.28. The molecule has 0 amide bonds. The van der Waals surface area contributed by atoms with Gasteiger partial charge in [-0.1, -0.05) is 57.6 Å². The molecule has 0 saturated heterocycles. The van der Waals surface area contributed by atoms with Crippen LogP contribution >= 0.6 is 22.6 Å². The summed E-state index contributed by atoms with van der Waals surface area (Å²) in [6.45, 7) is 2.26. The van der Waals surface area contributed by atoms with Crippen LogP contribution in [0.15, 0.2) is 24.3 Å². The first kappa shape index (κ1) is 15.9. The molecule has 102 valence electrons. The number of benzene rings is 1. The van der Waals surface area contributed by atoms with E-state index in [1.165, 1.54) is 47.7 Å². The predicted octanol–water partition coefficient (Wildman–Crippen LogP) is 4.55. The average molecular weight is 360 g/mol. The molecule has 1 rings (SSSR count). The fraction of sp³-hybridized carbons (Fsp3) is 0.600. The van der Waals surface area contributed by atoms with Crippen molar-refractivity contribution in [2.24, 2.45) is 5.84 Å². The molecule has 0 aliphatic heterocycles. The van der Waals surface area contributed by atoms with Crippen LogP contribution in [0.3, 0.4) is 0 Å². The van der Waals surface area contributed by atoms with E-state index in [2.05, 4.69) is 59.2 Å². The number of hydrazine groups is 1. The standard InChI is InChI=1S/C15H25IN2/c1-2-3-4-5-6-7-11-15(18-17)13-9-8-10-14(16)12-13/h8-10,12,15,18H,2-7,11,17H2,1H3. The molecule has 1 aromatic carbocycles. The Morgan fingerprint density at radius 3 is 2.56 bits per heavy atom. The van der Waals surface area contributed by atoms with Crippen molar-refractivity contribution in [2.45, 2.75) is 57.9 Å². The van der Waals surface area contributed by atoms with Crippen molar-refractivity contribution in [2.75, 3.05) is 0 Å². The van der Waals surface area contributed by atoms with E-state index in [0.717, 1.165) is 6.42 Å². The molecule has 0 spiro atoms. The van der Waals surface area contributed by atoms with Crippen molar-refractivity contribution in [3.05, 3.63) is 33.4 Å². The van der Waals surface area contributed by atoms with E-state index < -0.39 is 0 Å². The summed E-state index contributed by atoms with van der Waals surface area (Å²) in [7, 11) is 0. The monoisotopic (exact) mass is 360 g/mol. The van der Waals surface area contributed by atoms with Gasteiger partial charge in [-0.15, -0.1) is 0 Å². The molecular formula is C15H25IN2. The second-order valence-electron chi connectivity index (χ2n) is 4.83. The maximum atomic E-state index is 5.66. The van der Waals surface area contributed by atoms with Crippen LogP contribution in [0.4, 0.5) is 0 Å². The Kier molecular flexibility index (Phi) is 8.63. The lowest BCUT2D eigenvalue weighted by Gasteiger charge is -2.16. The molecule has 0 aliphatic rings. The highest BCUT2D eigenvalue weighted by Gasteiger charge is 2.09. The zero-order valence-electron chi connectivity index (χ0n) is 11.3. The molecule has 0 aromatic heterocycles. The number of hydrogen-bond donors (Lipinski definition) is 2. The molecule has 0 fully saturated rings. The quantitative estimate of drug-likeness (QED) is 0.294. The van der Waals surface area contributed by atoms with Crippen molar-refractivity contribution in [3.63, 3.8) is 0 Å². The first-order valence-corrected chi connectivity index (χ1v) is 8.07. The highest BCUT2D eigenvalue weighted by Crippen LogP contribution is 2.21. The van der Waals surface area contributed by atoms with Crippen LogP contribution in [0.25, 0.3) is 0 Å². The second kappa shape index (κ2) is 9.75. The number of halogens is 1. The molecule has 0 heterocycles. The number of nitrogens with two attached hydrogens (primary N) is 1. The summed E-state index contributed by atoms with van der Waals surface area (Å²) in [6, 6.07) is 8.88. The molecule has 2 nitrogen and oxygen atoms in total. The summed E-state index contributed by atoms with van der Waals surface area (Å²) >= 11 is 2.35. The Labute approximate surface area is 125 Å². The molecule has 0 aliphatic carbocycles. The van der Waals surface area contributed by atoms with Crippen molar-refractivity contribution in [1.82, 2.24) is 5.43 Å². The summed E-state index contributed by atoms with van der Waals surface area (Å²) in [6.07, 6.45) is 9.12. The van der Waals surface area contributed by atoms with E-state index >= 15 is 0 Å². The Morgan fingerprint density at radius 1 is 1.17 bits per heavy atom. The molecule has 1 aromatic rings. The smallest absolute Gasteiger partial charge is 0.0460 e. The van der Waals surface area contributed by atoms with E-state index in [4.69, 9.17) is 5.84 Å². The van der Waals surface area contributed by atoms with E-state index in [-0.39, 0.29) is 0 Å². The molecule has 0 saturated carbocycles. The van der Waals surface area contributed by atoms with Gasteiger partial charge in [0.15, 0.2) is 0 Å². The van der Waals surface area contributed by atoms with Crippen LogP contribution in [0.2, 0.25) is 0 Å². The molecular weight excluding hydrogens is 335 g/mol. The highest BCUT2D eigenvalue weighted by molar-refractivity contribution is 14.1. The highest BCUT2D eigenvalue weighted by atomic mass is 127. The molecule has 1 atom stereocenters. The predicted molar refractivity (Wildman–Crippen MR) is 87.2 cm³/mol. The van der Waals surface area contributed by atoms with Gasteiger partial charge in [-0.3, -0.25) is 11.3 Å². The number of rotatable bonds is 9. The van der Waals surface area contributed by atoms with E-state index in [0.29, 0.717) is 6.04 Å². The van der Waals surface area contributed by atoms with Gasteiger partial charge in [0.1, 0.15) is 0 Å². The van der Waals surface area contributed by atoms with Gasteiger partial charge >= 0.3 is 0 Å². The van der Waals surface area contributed by atoms with Gasteiger partial charge in [-0.05, 0) is 46.7 Å². The summed E-state index contributed by atoms with van der Waals surface area (Å²) in [4.78, 5) is 0. The van der Waals surface area contributed by atoms with E-state index in [1.54, 1.807) is 0 Å². The third-order valence-electron chi connectivity index (χ3n) is 3.30.